The van der Waals surface area contributed by atoms with E-state index in [0.717, 1.165) is 6.92 Å². The number of carbonyl (C=O) groups is 3. The van der Waals surface area contributed by atoms with Gasteiger partial charge in [-0.05, 0) is 67.0 Å². The molecule has 3 aromatic carbocycles. The second kappa shape index (κ2) is 18.7. The SMILES string of the molecule is CC(=O)O[C@H]1C(=O)[C@@]2(C)[C@H]([C@H](O)[C@]3(O)C[C@H](OC(=O)[C@H](O[C@@H](O)Nc4ccc(O)c(/C=N/CC/N=C/c5cc(N)ccc5O)c4)[C@@H](N)c4ccccc4)C(C)=C1C3(C)C)[C@]1(C)CO[C@@H]1C[C@@H]2O. The van der Waals surface area contributed by atoms with Gasteiger partial charge in [-0.1, -0.05) is 51.1 Å². The maximum Gasteiger partial charge on any atom is 0.338 e. The molecule has 0 radical (unpaired) electrons. The highest BCUT2D eigenvalue weighted by Crippen LogP contribution is 2.65. The lowest BCUT2D eigenvalue weighted by atomic mass is 9.42. The van der Waals surface area contributed by atoms with Gasteiger partial charge < -0.3 is 66.4 Å². The van der Waals surface area contributed by atoms with Gasteiger partial charge in [-0.2, -0.15) is 0 Å². The average Bonchev–Trinajstić information content (AvgIpc) is 3.27. The largest absolute Gasteiger partial charge is 0.507 e. The number of fused-ring (bicyclic) bond motifs is 5. The number of phenolic OH excluding ortho intramolecular Hbond substituents is 2. The third-order valence-electron chi connectivity index (χ3n) is 14.6. The Morgan fingerprint density at radius 1 is 0.955 bits per heavy atom. The summed E-state index contributed by atoms with van der Waals surface area (Å²) in [5.41, 5.74) is 8.51. The minimum Gasteiger partial charge on any atom is -0.507 e. The van der Waals surface area contributed by atoms with Gasteiger partial charge in [0.05, 0.1) is 49.5 Å². The number of esters is 2. The van der Waals surface area contributed by atoms with Crippen LogP contribution in [-0.4, -0.2) is 129 Å². The third kappa shape index (κ3) is 8.94. The van der Waals surface area contributed by atoms with Crippen LogP contribution in [0.1, 0.15) is 77.1 Å². The molecule has 0 spiro atoms. The van der Waals surface area contributed by atoms with Crippen molar-refractivity contribution >= 4 is 41.5 Å². The number of nitrogens with zero attached hydrogens (tertiary/aromatic N) is 2. The van der Waals surface area contributed by atoms with E-state index >= 15 is 4.79 Å². The number of aliphatic imine (C=N–C) groups is 2. The minimum atomic E-state index is -2.16. The van der Waals surface area contributed by atoms with Gasteiger partial charge in [0, 0.05) is 71.4 Å². The lowest BCUT2D eigenvalue weighted by Crippen LogP contribution is -2.77. The Balaban J connectivity index is 1.15. The number of hydrogen-bond acceptors (Lipinski definition) is 18. The van der Waals surface area contributed by atoms with E-state index in [2.05, 4.69) is 15.3 Å². The van der Waals surface area contributed by atoms with Crippen LogP contribution in [0.5, 0.6) is 11.5 Å². The first kappa shape index (κ1) is 49.2. The molecule has 0 amide bonds. The molecular weight excluding hydrogens is 867 g/mol. The van der Waals surface area contributed by atoms with Gasteiger partial charge in [-0.3, -0.25) is 19.6 Å². The van der Waals surface area contributed by atoms with Gasteiger partial charge in [0.1, 0.15) is 23.2 Å². The Morgan fingerprint density at radius 3 is 2.19 bits per heavy atom. The number of carbonyl (C=O) groups excluding carboxylic acids is 3. The summed E-state index contributed by atoms with van der Waals surface area (Å²) in [6, 6.07) is 16.1. The number of ketones is 1. The van der Waals surface area contributed by atoms with Crippen molar-refractivity contribution in [2.45, 2.75) is 109 Å². The lowest BCUT2D eigenvalue weighted by Gasteiger charge is -2.67. The molecule has 12 atom stereocenters. The van der Waals surface area contributed by atoms with Crippen LogP contribution in [0.15, 0.2) is 87.9 Å². The van der Waals surface area contributed by atoms with Gasteiger partial charge in [0.2, 0.25) is 6.41 Å². The average molecular weight is 928 g/mol. The predicted molar refractivity (Wildman–Crippen MR) is 246 cm³/mol. The minimum absolute atomic E-state index is 0.0300. The number of aromatic hydroxyl groups is 2. The van der Waals surface area contributed by atoms with Crippen molar-refractivity contribution in [2.24, 2.45) is 37.9 Å². The molecular formula is C49H61N5O13. The van der Waals surface area contributed by atoms with E-state index < -0.39 is 101 Å². The molecule has 360 valence electrons. The van der Waals surface area contributed by atoms with Crippen LogP contribution in [0.3, 0.4) is 0 Å². The van der Waals surface area contributed by atoms with Gasteiger partial charge >= 0.3 is 11.9 Å². The summed E-state index contributed by atoms with van der Waals surface area (Å²) in [6.07, 6.45) is -7.60. The van der Waals surface area contributed by atoms with Crippen molar-refractivity contribution in [3.63, 3.8) is 0 Å². The number of anilines is 2. The number of ether oxygens (including phenoxy) is 4. The number of phenols is 2. The van der Waals surface area contributed by atoms with E-state index in [-0.39, 0.29) is 60.0 Å². The summed E-state index contributed by atoms with van der Waals surface area (Å²) in [6.45, 7) is 9.96. The second-order valence-corrected chi connectivity index (χ2v) is 19.0. The zero-order valence-corrected chi connectivity index (χ0v) is 38.3. The Morgan fingerprint density at radius 2 is 1.58 bits per heavy atom. The number of Topliss-reactive ketones (excluding diaryl/α,β-unsaturated/α-hetero) is 1. The molecule has 0 aromatic heterocycles. The van der Waals surface area contributed by atoms with Crippen molar-refractivity contribution in [1.82, 2.24) is 0 Å². The maximum absolute atomic E-state index is 15.0. The predicted octanol–water partition coefficient (Wildman–Crippen LogP) is 3.05. The van der Waals surface area contributed by atoms with Gasteiger partial charge in [-0.15, -0.1) is 0 Å². The van der Waals surface area contributed by atoms with E-state index in [1.165, 1.54) is 43.6 Å². The van der Waals surface area contributed by atoms with Gasteiger partial charge in [0.25, 0.3) is 0 Å². The third-order valence-corrected chi connectivity index (χ3v) is 14.6. The number of rotatable bonds is 14. The van der Waals surface area contributed by atoms with Gasteiger partial charge in [0.15, 0.2) is 18.0 Å². The number of nitrogen functional groups attached to an aromatic ring is 1. The molecule has 11 N–H and O–H groups in total. The highest BCUT2D eigenvalue weighted by molar-refractivity contribution is 5.95. The van der Waals surface area contributed by atoms with Crippen LogP contribution in [0, 0.1) is 22.2 Å². The molecule has 1 saturated heterocycles. The molecule has 1 heterocycles. The van der Waals surface area contributed by atoms with Crippen LogP contribution in [0.4, 0.5) is 11.4 Å². The zero-order valence-electron chi connectivity index (χ0n) is 38.3. The smallest absolute Gasteiger partial charge is 0.338 e. The van der Waals surface area contributed by atoms with Crippen LogP contribution in [-0.2, 0) is 33.3 Å². The van der Waals surface area contributed by atoms with E-state index in [4.69, 9.17) is 30.4 Å². The van der Waals surface area contributed by atoms with Crippen LogP contribution in [0.25, 0.3) is 0 Å². The molecule has 0 unspecified atom stereocenters. The Labute approximate surface area is 388 Å². The summed E-state index contributed by atoms with van der Waals surface area (Å²) in [5, 5.41) is 72.0. The van der Waals surface area contributed by atoms with Crippen LogP contribution < -0.4 is 16.8 Å². The molecule has 18 nitrogen and oxygen atoms in total. The molecule has 18 heteroatoms. The molecule has 3 aliphatic carbocycles. The lowest BCUT2D eigenvalue weighted by molar-refractivity contribution is -0.314. The van der Waals surface area contributed by atoms with Crippen molar-refractivity contribution in [3.8, 4) is 11.5 Å². The van der Waals surface area contributed by atoms with E-state index in [9.17, 15) is 40.2 Å². The monoisotopic (exact) mass is 927 g/mol. The first-order chi connectivity index (χ1) is 31.5. The maximum atomic E-state index is 15.0. The molecule has 2 saturated carbocycles. The fraction of sp³-hybridized carbons (Fsp3) is 0.490. The van der Waals surface area contributed by atoms with Crippen LogP contribution in [0.2, 0.25) is 0 Å². The summed E-state index contributed by atoms with van der Waals surface area (Å²) >= 11 is 0. The number of nitrogens with two attached hydrogens (primary N) is 2. The fourth-order valence-electron chi connectivity index (χ4n) is 10.7. The standard InChI is InChI=1S/C49H61N5O13/c1-25-34(21-49(63)43(60)41-47(5)24-64-36(47)20-35(58)48(41,6)42(59)39(65-26(2)55)37(25)46(49,3)4)66-44(61)40(38(51)27-10-8-7-9-11-27)67-45(62)54-31-13-15-33(57)29(19-31)23-53-17-16-52-22-28-18-30(50)12-14-32(28)56/h7-15,18-19,22-23,34-36,38-41,43,45,54,56-58,60,62-63H,16-17,20-21,24,50-51H2,1-6H3/b52-22+,53-23+/t34-,35-,36+,38-,39+,40+,41+,43-,45+,47+,48+,49+/m0/s1. The number of aliphatic hydroxyl groups excluding tert-OH is 3. The molecule has 2 bridgehead atoms. The first-order valence-corrected chi connectivity index (χ1v) is 22.2. The summed E-state index contributed by atoms with van der Waals surface area (Å²) in [5.74, 6) is -3.74. The van der Waals surface area contributed by atoms with E-state index in [1.54, 1.807) is 63.2 Å². The summed E-state index contributed by atoms with van der Waals surface area (Å²) < 4.78 is 23.8. The summed E-state index contributed by atoms with van der Waals surface area (Å²) in [4.78, 5) is 51.0. The Bertz CT molecular complexity index is 2460. The molecule has 7 rings (SSSR count). The Hall–Kier alpha value is -5.73. The van der Waals surface area contributed by atoms with Crippen molar-refractivity contribution in [3.05, 3.63) is 94.6 Å². The highest BCUT2D eigenvalue weighted by Gasteiger charge is 2.74. The normalized spacial score (nSPS) is 31.4. The van der Waals surface area contributed by atoms with Crippen molar-refractivity contribution < 1.29 is 64.0 Å². The quantitative estimate of drug-likeness (QED) is 0.0214. The molecule has 67 heavy (non-hydrogen) atoms. The highest BCUT2D eigenvalue weighted by atomic mass is 16.7. The van der Waals surface area contributed by atoms with E-state index in [1.807, 2.05) is 6.92 Å². The van der Waals surface area contributed by atoms with Crippen molar-refractivity contribution in [1.29, 1.82) is 0 Å². The van der Waals surface area contributed by atoms with E-state index in [0.29, 0.717) is 16.8 Å². The fourth-order valence-corrected chi connectivity index (χ4v) is 10.7. The number of nitrogens with one attached hydrogen (secondary N) is 1. The number of aliphatic hydroxyl groups is 4. The molecule has 3 aromatic rings. The zero-order chi connectivity index (χ0) is 48.8. The van der Waals surface area contributed by atoms with Crippen molar-refractivity contribution in [2.75, 3.05) is 30.7 Å². The van der Waals surface area contributed by atoms with Crippen LogP contribution >= 0.6 is 0 Å². The molecule has 1 aliphatic heterocycles. The summed E-state index contributed by atoms with van der Waals surface area (Å²) in [7, 11) is 0. The van der Waals surface area contributed by atoms with Gasteiger partial charge in [-0.25, -0.2) is 4.79 Å². The molecule has 4 aliphatic rings. The molecule has 3 fully saturated rings. The Kier molecular flexibility index (Phi) is 13.8. The first-order valence-electron chi connectivity index (χ1n) is 22.2. The topological polar surface area (TPSA) is 298 Å². The number of hydrogen-bond donors (Lipinski definition) is 9. The second-order valence-electron chi connectivity index (χ2n) is 19.0. The number of benzene rings is 3.